The van der Waals surface area contributed by atoms with Crippen LogP contribution in [0.25, 0.3) is 67.6 Å². The van der Waals surface area contributed by atoms with Crippen molar-refractivity contribution < 1.29 is 4.74 Å². The lowest BCUT2D eigenvalue weighted by atomic mass is 9.67. The molecule has 2 aliphatic carbocycles. The minimum Gasteiger partial charge on any atom is -0.489 e. The highest BCUT2D eigenvalue weighted by molar-refractivity contribution is 5.89. The molecule has 6 heteroatoms. The van der Waals surface area contributed by atoms with E-state index in [-0.39, 0.29) is 5.41 Å². The van der Waals surface area contributed by atoms with E-state index in [9.17, 15) is 0 Å². The summed E-state index contributed by atoms with van der Waals surface area (Å²) in [6, 6.07) is 35.4. The van der Waals surface area contributed by atoms with Crippen LogP contribution in [0.2, 0.25) is 0 Å². The molecule has 0 atom stereocenters. The van der Waals surface area contributed by atoms with Gasteiger partial charge in [0.1, 0.15) is 12.4 Å². The van der Waals surface area contributed by atoms with Crippen molar-refractivity contribution in [1.29, 1.82) is 0 Å². The first kappa shape index (κ1) is 41.8. The third-order valence-electron chi connectivity index (χ3n) is 12.8. The lowest BCUT2D eigenvalue weighted by Gasteiger charge is -2.36. The van der Waals surface area contributed by atoms with Crippen LogP contribution in [0.4, 0.5) is 0 Å². The molecule has 3 heterocycles. The summed E-state index contributed by atoms with van der Waals surface area (Å²) in [6.45, 7) is 8.90. The van der Waals surface area contributed by atoms with Gasteiger partial charge in [-0.25, -0.2) is 24.9 Å². The Balaban J connectivity index is 1.13. The van der Waals surface area contributed by atoms with E-state index in [0.29, 0.717) is 29.9 Å². The van der Waals surface area contributed by atoms with Crippen LogP contribution in [0.15, 0.2) is 163 Å². The predicted molar refractivity (Wildman–Crippen MR) is 264 cm³/mol. The fraction of sp³-hybridized carbons (Fsp3) is 0.190. The van der Waals surface area contributed by atoms with Crippen molar-refractivity contribution >= 4 is 22.3 Å². The first-order valence-electron chi connectivity index (χ1n) is 22.2. The highest BCUT2D eigenvalue weighted by Crippen LogP contribution is 2.55. The topological polar surface area (TPSA) is 73.7 Å². The van der Waals surface area contributed by atoms with Gasteiger partial charge in [0.05, 0.1) is 11.4 Å². The van der Waals surface area contributed by atoms with E-state index in [1.807, 2.05) is 86.7 Å². The summed E-state index contributed by atoms with van der Waals surface area (Å²) in [7, 11) is 0. The number of hydrogen-bond acceptors (Lipinski definition) is 6. The maximum atomic E-state index is 6.26. The molecule has 0 unspecified atom stereocenters. The maximum Gasteiger partial charge on any atom is 0.164 e. The normalized spacial score (nSPS) is 17.6. The summed E-state index contributed by atoms with van der Waals surface area (Å²) >= 11 is 0. The van der Waals surface area contributed by atoms with Crippen molar-refractivity contribution in [2.24, 2.45) is 0 Å². The van der Waals surface area contributed by atoms with Crippen molar-refractivity contribution in [2.75, 3.05) is 6.61 Å². The molecule has 2 aromatic heterocycles. The molecule has 6 aromatic rings. The molecule has 1 aliphatic heterocycles. The molecule has 0 saturated heterocycles. The number of fused-ring (bicyclic) bond motifs is 3. The molecule has 0 N–H and O–H groups in total. The number of benzene rings is 4. The molecule has 314 valence electrons. The molecule has 9 rings (SSSR count). The number of terminal acetylenes is 1. The highest BCUT2D eigenvalue weighted by atomic mass is 16.5. The number of nitrogens with zero attached hydrogens (tertiary/aromatic N) is 5. The number of allylic oxidation sites excluding steroid dienone is 13. The largest absolute Gasteiger partial charge is 0.489 e. The van der Waals surface area contributed by atoms with Crippen LogP contribution in [0.5, 0.6) is 5.75 Å². The Bertz CT molecular complexity index is 3010. The zero-order chi connectivity index (χ0) is 44.0. The Labute approximate surface area is 377 Å². The van der Waals surface area contributed by atoms with E-state index in [4.69, 9.17) is 36.1 Å². The van der Waals surface area contributed by atoms with E-state index in [2.05, 4.69) is 105 Å². The van der Waals surface area contributed by atoms with Crippen LogP contribution in [0.1, 0.15) is 88.1 Å². The van der Waals surface area contributed by atoms with Gasteiger partial charge in [-0.05, 0) is 110 Å². The Kier molecular flexibility index (Phi) is 12.1. The number of rotatable bonds is 8. The molecule has 6 nitrogen and oxygen atoms in total. The zero-order valence-electron chi connectivity index (χ0n) is 37.0. The molecular weight excluding hydrogens is 783 g/mol. The van der Waals surface area contributed by atoms with Gasteiger partial charge in [0.25, 0.3) is 0 Å². The van der Waals surface area contributed by atoms with Gasteiger partial charge in [0, 0.05) is 33.2 Å². The van der Waals surface area contributed by atoms with Crippen molar-refractivity contribution in [3.05, 3.63) is 192 Å². The SMILES string of the molecule is C#C/C=C\C1=C(C)C2(CCCCC2)c2cc(-c3cc(-c4ccccc4)nc(/C(C)=C/C=C(\C)c4nc(-c5ccccc5)nc(-c5cccc6c5C(=C\C)/C=C\C=C/CO6)n4)n3)ccc21. The minimum atomic E-state index is 0.0125. The molecule has 3 aliphatic rings. The van der Waals surface area contributed by atoms with Gasteiger partial charge < -0.3 is 4.74 Å². The summed E-state index contributed by atoms with van der Waals surface area (Å²) in [4.78, 5) is 25.7. The molecule has 64 heavy (non-hydrogen) atoms. The maximum absolute atomic E-state index is 6.26. The third-order valence-corrected chi connectivity index (χ3v) is 12.8. The van der Waals surface area contributed by atoms with E-state index < -0.39 is 0 Å². The van der Waals surface area contributed by atoms with Gasteiger partial charge in [-0.1, -0.05) is 152 Å². The van der Waals surface area contributed by atoms with Crippen LogP contribution < -0.4 is 4.74 Å². The fourth-order valence-electron chi connectivity index (χ4n) is 9.35. The van der Waals surface area contributed by atoms with Gasteiger partial charge in [-0.2, -0.15) is 0 Å². The van der Waals surface area contributed by atoms with E-state index in [0.717, 1.165) is 74.5 Å². The second-order valence-electron chi connectivity index (χ2n) is 16.7. The Morgan fingerprint density at radius 2 is 1.38 bits per heavy atom. The zero-order valence-corrected chi connectivity index (χ0v) is 37.0. The standard InChI is InChI=1S/C58H51N5O/c1-6-8-27-46-41(5)58(34-18-12-19-35-58)49-37-45(32-33-47(46)49)51-38-50(43-23-13-9-14-24-43)59-54(60-51)39(3)30-31-40(4)55-61-56(44-25-15-10-16-26-44)63-57(62-55)48-28-21-29-52-53(48)42(7-2)22-17-11-20-36-64-52/h1,7-11,13-17,20-33,37-38H,12,18-19,34-36H2,2-5H3/b20-11-,22-17-,27-8-,39-30+,40-31+,42-7-. The van der Waals surface area contributed by atoms with Gasteiger partial charge in [-0.15, -0.1) is 6.42 Å². The van der Waals surface area contributed by atoms with Gasteiger partial charge >= 0.3 is 0 Å². The van der Waals surface area contributed by atoms with Crippen LogP contribution in [-0.2, 0) is 5.41 Å². The smallest absolute Gasteiger partial charge is 0.164 e. The molecule has 4 aromatic carbocycles. The van der Waals surface area contributed by atoms with Gasteiger partial charge in [0.15, 0.2) is 23.3 Å². The van der Waals surface area contributed by atoms with Gasteiger partial charge in [-0.3, -0.25) is 0 Å². The first-order valence-corrected chi connectivity index (χ1v) is 22.2. The lowest BCUT2D eigenvalue weighted by molar-refractivity contribution is 0.345. The number of ether oxygens (including phenoxy) is 1. The molecule has 0 bridgehead atoms. The van der Waals surface area contributed by atoms with E-state index >= 15 is 0 Å². The summed E-state index contributed by atoms with van der Waals surface area (Å²) < 4.78 is 6.26. The fourth-order valence-corrected chi connectivity index (χ4v) is 9.35. The number of aromatic nitrogens is 5. The van der Waals surface area contributed by atoms with Crippen molar-refractivity contribution in [3.8, 4) is 63.4 Å². The molecule has 0 radical (unpaired) electrons. The highest BCUT2D eigenvalue weighted by Gasteiger charge is 2.43. The lowest BCUT2D eigenvalue weighted by Crippen LogP contribution is -2.28. The van der Waals surface area contributed by atoms with E-state index in [1.54, 1.807) is 0 Å². The molecule has 1 spiro atoms. The average Bonchev–Trinajstić information content (AvgIpc) is 3.62. The van der Waals surface area contributed by atoms with Crippen LogP contribution in [-0.4, -0.2) is 31.5 Å². The summed E-state index contributed by atoms with van der Waals surface area (Å²) in [6.07, 6.45) is 30.0. The summed E-state index contributed by atoms with van der Waals surface area (Å²) in [5, 5.41) is 0. The molecule has 1 saturated carbocycles. The minimum absolute atomic E-state index is 0.0125. The van der Waals surface area contributed by atoms with Crippen molar-refractivity contribution in [2.45, 2.75) is 65.2 Å². The average molecular weight is 834 g/mol. The predicted octanol–water partition coefficient (Wildman–Crippen LogP) is 13.9. The van der Waals surface area contributed by atoms with Crippen molar-refractivity contribution in [3.63, 3.8) is 0 Å². The van der Waals surface area contributed by atoms with Crippen molar-refractivity contribution in [1.82, 2.24) is 24.9 Å². The summed E-state index contributed by atoms with van der Waals surface area (Å²) in [5.41, 5.74) is 14.7. The van der Waals surface area contributed by atoms with Gasteiger partial charge in [0.2, 0.25) is 0 Å². The third kappa shape index (κ3) is 8.25. The summed E-state index contributed by atoms with van der Waals surface area (Å²) in [5.74, 6) is 5.87. The second kappa shape index (κ2) is 18.5. The quantitative estimate of drug-likeness (QED) is 0.112. The molecule has 0 amide bonds. The molecule has 1 fully saturated rings. The Morgan fingerprint density at radius 3 is 2.09 bits per heavy atom. The molecular formula is C58H51N5O. The van der Waals surface area contributed by atoms with Crippen LogP contribution >= 0.6 is 0 Å². The first-order chi connectivity index (χ1) is 31.4. The number of hydrogen-bond donors (Lipinski definition) is 0. The van der Waals surface area contributed by atoms with Crippen LogP contribution in [0.3, 0.4) is 0 Å². The monoisotopic (exact) mass is 833 g/mol. The van der Waals surface area contributed by atoms with Crippen LogP contribution in [0, 0.1) is 12.3 Å². The Morgan fingerprint density at radius 1 is 0.688 bits per heavy atom. The second-order valence-corrected chi connectivity index (χ2v) is 16.7. The Hall–Kier alpha value is -7.49. The van der Waals surface area contributed by atoms with E-state index in [1.165, 1.54) is 41.5 Å².